The minimum atomic E-state index is -1.00. The molecule has 0 amide bonds. The van der Waals surface area contributed by atoms with Crippen molar-refractivity contribution in [1.29, 1.82) is 0 Å². The van der Waals surface area contributed by atoms with E-state index in [0.29, 0.717) is 5.75 Å². The molecule has 0 heterocycles. The molecular weight excluding hydrogens is 351 g/mol. The van der Waals surface area contributed by atoms with Gasteiger partial charge in [0.1, 0.15) is 5.75 Å². The highest BCUT2D eigenvalue weighted by Gasteiger charge is 2.29. The number of fused-ring (bicyclic) bond motifs is 1. The number of hydrogen-bond acceptors (Lipinski definition) is 2. The Balaban J connectivity index is 1.91. The summed E-state index contributed by atoms with van der Waals surface area (Å²) in [7, 11) is 0.756. The summed E-state index contributed by atoms with van der Waals surface area (Å²) >= 11 is 0. The third-order valence-electron chi connectivity index (χ3n) is 4.76. The number of benzene rings is 4. The Morgan fingerprint density at radius 2 is 1.41 bits per heavy atom. The summed E-state index contributed by atoms with van der Waals surface area (Å²) in [5.41, 5.74) is 1.98. The lowest BCUT2D eigenvalue weighted by Gasteiger charge is -2.28. The maximum Gasteiger partial charge on any atom is 0.119 e. The van der Waals surface area contributed by atoms with E-state index >= 15 is 0 Å². The van der Waals surface area contributed by atoms with Gasteiger partial charge in [0.25, 0.3) is 0 Å². The number of aromatic hydroxyl groups is 1. The Morgan fingerprint density at radius 1 is 0.741 bits per heavy atom. The predicted molar refractivity (Wildman–Crippen MR) is 114 cm³/mol. The Hall–Kier alpha value is -2.67. The number of hydrogen-bond donors (Lipinski definition) is 1. The lowest BCUT2D eigenvalue weighted by Crippen LogP contribution is -2.10. The highest BCUT2D eigenvalue weighted by Crippen LogP contribution is 2.56. The van der Waals surface area contributed by atoms with Crippen LogP contribution in [0.5, 0.6) is 5.75 Å². The quantitative estimate of drug-likeness (QED) is 0.435. The fourth-order valence-corrected chi connectivity index (χ4v) is 5.56. The normalized spacial score (nSPS) is 13.4. The van der Waals surface area contributed by atoms with E-state index in [4.69, 9.17) is 4.52 Å². The molecule has 2 unspecified atom stereocenters. The molecule has 0 aromatic heterocycles. The van der Waals surface area contributed by atoms with Crippen molar-refractivity contribution in [3.63, 3.8) is 0 Å². The van der Waals surface area contributed by atoms with E-state index < -0.39 is 8.15 Å². The van der Waals surface area contributed by atoms with Crippen LogP contribution in [0.2, 0.25) is 0 Å². The largest absolute Gasteiger partial charge is 0.508 e. The van der Waals surface area contributed by atoms with Crippen LogP contribution in [-0.4, -0.2) is 12.2 Å². The van der Waals surface area contributed by atoms with Gasteiger partial charge in [0.15, 0.2) is 0 Å². The van der Waals surface area contributed by atoms with Gasteiger partial charge >= 0.3 is 0 Å². The summed E-state index contributed by atoms with van der Waals surface area (Å²) in [6, 6.07) is 32.7. The second-order valence-electron chi connectivity index (χ2n) is 6.41. The van der Waals surface area contributed by atoms with Crippen molar-refractivity contribution in [3.05, 3.63) is 108 Å². The first-order valence-corrected chi connectivity index (χ1v) is 10.3. The van der Waals surface area contributed by atoms with Crippen LogP contribution in [0.15, 0.2) is 97.1 Å². The summed E-state index contributed by atoms with van der Waals surface area (Å²) in [6.45, 7) is 0. The smallest absolute Gasteiger partial charge is 0.119 e. The highest BCUT2D eigenvalue weighted by atomic mass is 31.1. The summed E-state index contributed by atoms with van der Waals surface area (Å²) in [5, 5.41) is 14.1. The summed E-state index contributed by atoms with van der Waals surface area (Å²) < 4.78 is 6.03. The Kier molecular flexibility index (Phi) is 5.20. The third kappa shape index (κ3) is 3.60. The number of rotatable bonds is 5. The van der Waals surface area contributed by atoms with Gasteiger partial charge in [-0.05, 0) is 22.4 Å². The van der Waals surface area contributed by atoms with Gasteiger partial charge in [-0.25, -0.2) is 0 Å². The van der Waals surface area contributed by atoms with E-state index in [1.54, 1.807) is 13.2 Å². The van der Waals surface area contributed by atoms with Crippen LogP contribution in [0.25, 0.3) is 10.8 Å². The van der Waals surface area contributed by atoms with Crippen molar-refractivity contribution in [3.8, 4) is 5.75 Å². The standard InChI is InChI=1S/C24H21O2P/c1-26-27(21-11-3-2-4-12-21)24(22-13-7-8-14-23(22)25)20-16-15-18-9-5-6-10-19(18)17-20/h2-17,24-25H,1H3. The molecule has 0 fully saturated rings. The van der Waals surface area contributed by atoms with Gasteiger partial charge in [0, 0.05) is 18.0 Å². The van der Waals surface area contributed by atoms with E-state index in [2.05, 4.69) is 54.6 Å². The molecule has 0 saturated carbocycles. The van der Waals surface area contributed by atoms with E-state index in [9.17, 15) is 5.11 Å². The van der Waals surface area contributed by atoms with Crippen molar-refractivity contribution in [2.24, 2.45) is 0 Å². The minimum Gasteiger partial charge on any atom is -0.508 e. The van der Waals surface area contributed by atoms with Crippen molar-refractivity contribution in [2.75, 3.05) is 7.11 Å². The van der Waals surface area contributed by atoms with Gasteiger partial charge in [-0.2, -0.15) is 0 Å². The molecule has 3 heteroatoms. The molecule has 4 aromatic carbocycles. The fourth-order valence-electron chi connectivity index (χ4n) is 3.47. The van der Waals surface area contributed by atoms with Gasteiger partial charge in [0.05, 0.1) is 13.8 Å². The maximum absolute atomic E-state index is 10.6. The van der Waals surface area contributed by atoms with Crippen LogP contribution < -0.4 is 5.30 Å². The molecule has 0 spiro atoms. The molecule has 0 aliphatic heterocycles. The predicted octanol–water partition coefficient (Wildman–Crippen LogP) is 6.00. The molecule has 1 N–H and O–H groups in total. The molecule has 134 valence electrons. The van der Waals surface area contributed by atoms with E-state index in [-0.39, 0.29) is 5.66 Å². The van der Waals surface area contributed by atoms with Gasteiger partial charge in [0.2, 0.25) is 0 Å². The monoisotopic (exact) mass is 372 g/mol. The second-order valence-corrected chi connectivity index (χ2v) is 8.46. The van der Waals surface area contributed by atoms with Gasteiger partial charge in [-0.15, -0.1) is 0 Å². The summed E-state index contributed by atoms with van der Waals surface area (Å²) in [4.78, 5) is 0. The van der Waals surface area contributed by atoms with Crippen LogP contribution in [-0.2, 0) is 4.52 Å². The third-order valence-corrected chi connectivity index (χ3v) is 7.01. The second kappa shape index (κ2) is 7.92. The minimum absolute atomic E-state index is 0.0572. The zero-order valence-corrected chi connectivity index (χ0v) is 16.0. The average molecular weight is 372 g/mol. The molecule has 0 saturated heterocycles. The molecule has 0 bridgehead atoms. The highest BCUT2D eigenvalue weighted by molar-refractivity contribution is 7.61. The molecule has 0 aliphatic rings. The van der Waals surface area contributed by atoms with Gasteiger partial charge < -0.3 is 9.63 Å². The number of para-hydroxylation sites is 1. The molecular formula is C24H21O2P. The lowest BCUT2D eigenvalue weighted by atomic mass is 10.00. The first-order chi connectivity index (χ1) is 13.3. The molecule has 4 aromatic rings. The Labute approximate surface area is 160 Å². The molecule has 0 radical (unpaired) electrons. The summed E-state index contributed by atoms with van der Waals surface area (Å²) in [5.74, 6) is 0.302. The number of phenols is 1. The zero-order chi connectivity index (χ0) is 18.6. The molecule has 2 nitrogen and oxygen atoms in total. The van der Waals surface area contributed by atoms with Crippen LogP contribution in [0.4, 0.5) is 0 Å². The van der Waals surface area contributed by atoms with Gasteiger partial charge in [-0.3, -0.25) is 0 Å². The first kappa shape index (κ1) is 17.7. The van der Waals surface area contributed by atoms with Crippen LogP contribution in [0.1, 0.15) is 16.8 Å². The van der Waals surface area contributed by atoms with Crippen molar-refractivity contribution < 1.29 is 9.63 Å². The fraction of sp³-hybridized carbons (Fsp3) is 0.0833. The Morgan fingerprint density at radius 3 is 2.15 bits per heavy atom. The summed E-state index contributed by atoms with van der Waals surface area (Å²) in [6.07, 6.45) is 0. The molecule has 4 rings (SSSR count). The lowest BCUT2D eigenvalue weighted by molar-refractivity contribution is 0.454. The van der Waals surface area contributed by atoms with E-state index in [0.717, 1.165) is 16.4 Å². The van der Waals surface area contributed by atoms with Crippen LogP contribution in [0, 0.1) is 0 Å². The molecule has 2 atom stereocenters. The molecule has 0 aliphatic carbocycles. The average Bonchev–Trinajstić information content (AvgIpc) is 2.73. The zero-order valence-electron chi connectivity index (χ0n) is 15.1. The van der Waals surface area contributed by atoms with Crippen LogP contribution in [0.3, 0.4) is 0 Å². The number of phenolic OH excluding ortho intramolecular Hbond substituents is 1. The van der Waals surface area contributed by atoms with Crippen molar-refractivity contribution >= 4 is 24.2 Å². The Bertz CT molecular complexity index is 1050. The maximum atomic E-state index is 10.6. The van der Waals surface area contributed by atoms with Crippen molar-refractivity contribution in [1.82, 2.24) is 0 Å². The first-order valence-electron chi connectivity index (χ1n) is 8.93. The topological polar surface area (TPSA) is 29.5 Å². The molecule has 27 heavy (non-hydrogen) atoms. The SMILES string of the molecule is COP(c1ccccc1)C(c1ccc2ccccc2c1)c1ccccc1O. The van der Waals surface area contributed by atoms with E-state index in [1.807, 2.05) is 36.4 Å². The van der Waals surface area contributed by atoms with Gasteiger partial charge in [-0.1, -0.05) is 91.0 Å². The van der Waals surface area contributed by atoms with E-state index in [1.165, 1.54) is 10.8 Å². The van der Waals surface area contributed by atoms with Crippen molar-refractivity contribution in [2.45, 2.75) is 5.66 Å². The van der Waals surface area contributed by atoms with Crippen LogP contribution >= 0.6 is 8.15 Å².